The van der Waals surface area contributed by atoms with E-state index < -0.39 is 0 Å². The molecule has 1 heterocycles. The van der Waals surface area contributed by atoms with E-state index in [1.165, 1.54) is 38.5 Å². The number of rotatable bonds is 8. The van der Waals surface area contributed by atoms with Crippen molar-refractivity contribution in [3.8, 4) is 0 Å². The molecule has 1 saturated heterocycles. The lowest BCUT2D eigenvalue weighted by Gasteiger charge is -2.27. The Morgan fingerprint density at radius 1 is 1.06 bits per heavy atom. The summed E-state index contributed by atoms with van der Waals surface area (Å²) in [7, 11) is 0. The highest BCUT2D eigenvalue weighted by Crippen LogP contribution is 2.20. The van der Waals surface area contributed by atoms with Crippen LogP contribution in [0, 0.1) is 5.92 Å². The van der Waals surface area contributed by atoms with Gasteiger partial charge in [0.2, 0.25) is 0 Å². The van der Waals surface area contributed by atoms with Gasteiger partial charge in [0.05, 0.1) is 6.10 Å². The van der Waals surface area contributed by atoms with Crippen LogP contribution in [0.15, 0.2) is 0 Å². The number of nitrogens with one attached hydrogen (secondary N) is 1. The van der Waals surface area contributed by atoms with Gasteiger partial charge in [0.25, 0.3) is 0 Å². The van der Waals surface area contributed by atoms with Gasteiger partial charge >= 0.3 is 0 Å². The van der Waals surface area contributed by atoms with Crippen molar-refractivity contribution < 1.29 is 5.11 Å². The molecule has 0 radical (unpaired) electrons. The molecule has 1 atom stereocenters. The fourth-order valence-electron chi connectivity index (χ4n) is 2.60. The van der Waals surface area contributed by atoms with E-state index in [1.54, 1.807) is 0 Å². The van der Waals surface area contributed by atoms with Crippen LogP contribution in [-0.4, -0.2) is 24.3 Å². The summed E-state index contributed by atoms with van der Waals surface area (Å²) < 4.78 is 0. The highest BCUT2D eigenvalue weighted by Gasteiger charge is 2.20. The van der Waals surface area contributed by atoms with Crippen molar-refractivity contribution in [3.05, 3.63) is 0 Å². The lowest BCUT2D eigenvalue weighted by atomic mass is 9.89. The van der Waals surface area contributed by atoms with Gasteiger partial charge in [-0.15, -0.1) is 12.4 Å². The lowest BCUT2D eigenvalue weighted by Crippen LogP contribution is -2.34. The first-order chi connectivity index (χ1) is 7.84. The van der Waals surface area contributed by atoms with E-state index in [-0.39, 0.29) is 18.5 Å². The average Bonchev–Trinajstić information content (AvgIpc) is 2.34. The van der Waals surface area contributed by atoms with Gasteiger partial charge in [0.15, 0.2) is 0 Å². The number of hydrogen-bond acceptors (Lipinski definition) is 2. The normalized spacial score (nSPS) is 18.7. The fourth-order valence-corrected chi connectivity index (χ4v) is 2.60. The number of hydrogen-bond donors (Lipinski definition) is 2. The Morgan fingerprint density at radius 3 is 2.29 bits per heavy atom. The molecule has 17 heavy (non-hydrogen) atoms. The van der Waals surface area contributed by atoms with Crippen LogP contribution in [0.4, 0.5) is 0 Å². The summed E-state index contributed by atoms with van der Waals surface area (Å²) in [6, 6.07) is 0. The van der Waals surface area contributed by atoms with E-state index in [2.05, 4.69) is 12.2 Å². The molecule has 0 aromatic heterocycles. The van der Waals surface area contributed by atoms with Crippen molar-refractivity contribution in [1.82, 2.24) is 5.32 Å². The Labute approximate surface area is 113 Å². The standard InChI is InChI=1S/C14H29NO.ClH/c1-2-3-4-5-6-7-8-14(16)13-9-11-15-12-10-13;/h13-16H,2-12H2,1H3;1H. The summed E-state index contributed by atoms with van der Waals surface area (Å²) >= 11 is 0. The highest BCUT2D eigenvalue weighted by molar-refractivity contribution is 5.85. The molecule has 0 aromatic rings. The van der Waals surface area contributed by atoms with Crippen molar-refractivity contribution in [3.63, 3.8) is 0 Å². The minimum Gasteiger partial charge on any atom is -0.393 e. The molecule has 0 bridgehead atoms. The smallest absolute Gasteiger partial charge is 0.0569 e. The molecule has 0 aliphatic carbocycles. The summed E-state index contributed by atoms with van der Waals surface area (Å²) in [5, 5.41) is 13.4. The van der Waals surface area contributed by atoms with Gasteiger partial charge < -0.3 is 10.4 Å². The maximum Gasteiger partial charge on any atom is 0.0569 e. The van der Waals surface area contributed by atoms with Crippen LogP contribution in [-0.2, 0) is 0 Å². The molecule has 1 aliphatic heterocycles. The maximum atomic E-state index is 10.0. The molecular formula is C14H30ClNO. The van der Waals surface area contributed by atoms with Crippen LogP contribution in [0.2, 0.25) is 0 Å². The molecule has 0 saturated carbocycles. The van der Waals surface area contributed by atoms with Crippen LogP contribution in [0.3, 0.4) is 0 Å². The molecule has 0 spiro atoms. The quantitative estimate of drug-likeness (QED) is 0.657. The highest BCUT2D eigenvalue weighted by atomic mass is 35.5. The predicted octanol–water partition coefficient (Wildman–Crippen LogP) is 3.52. The Hall–Kier alpha value is 0.210. The second-order valence-corrected chi connectivity index (χ2v) is 5.21. The number of aliphatic hydroxyl groups excluding tert-OH is 1. The second kappa shape index (κ2) is 11.3. The molecule has 0 amide bonds. The van der Waals surface area contributed by atoms with E-state index in [0.29, 0.717) is 5.92 Å². The van der Waals surface area contributed by atoms with Gasteiger partial charge in [0, 0.05) is 0 Å². The van der Waals surface area contributed by atoms with Gasteiger partial charge in [-0.1, -0.05) is 45.4 Å². The largest absolute Gasteiger partial charge is 0.393 e. The van der Waals surface area contributed by atoms with Gasteiger partial charge in [-0.2, -0.15) is 0 Å². The Bertz CT molecular complexity index is 160. The minimum absolute atomic E-state index is 0. The van der Waals surface area contributed by atoms with Crippen molar-refractivity contribution in [2.75, 3.05) is 13.1 Å². The first-order valence-electron chi connectivity index (χ1n) is 7.23. The Morgan fingerprint density at radius 2 is 1.65 bits per heavy atom. The third-order valence-corrected chi connectivity index (χ3v) is 3.78. The molecule has 104 valence electrons. The molecule has 1 fully saturated rings. The molecule has 2 N–H and O–H groups in total. The molecule has 0 aromatic carbocycles. The Kier molecular flexibility index (Phi) is 11.4. The first kappa shape index (κ1) is 17.2. The summed E-state index contributed by atoms with van der Waals surface area (Å²) in [4.78, 5) is 0. The monoisotopic (exact) mass is 263 g/mol. The van der Waals surface area contributed by atoms with Gasteiger partial charge in [-0.05, 0) is 38.3 Å². The van der Waals surface area contributed by atoms with Crippen molar-refractivity contribution in [2.45, 2.75) is 70.8 Å². The van der Waals surface area contributed by atoms with E-state index in [1.807, 2.05) is 0 Å². The van der Waals surface area contributed by atoms with Gasteiger partial charge in [-0.3, -0.25) is 0 Å². The third kappa shape index (κ3) is 8.01. The van der Waals surface area contributed by atoms with E-state index >= 15 is 0 Å². The van der Waals surface area contributed by atoms with Crippen molar-refractivity contribution in [2.24, 2.45) is 5.92 Å². The van der Waals surface area contributed by atoms with Crippen LogP contribution in [0.1, 0.15) is 64.7 Å². The summed E-state index contributed by atoms with van der Waals surface area (Å²) in [5.74, 6) is 0.567. The first-order valence-corrected chi connectivity index (χ1v) is 7.23. The molecule has 1 aliphatic rings. The van der Waals surface area contributed by atoms with Crippen LogP contribution >= 0.6 is 12.4 Å². The van der Waals surface area contributed by atoms with E-state index in [9.17, 15) is 5.11 Å². The summed E-state index contributed by atoms with van der Waals surface area (Å²) in [6.07, 6.45) is 11.3. The number of aliphatic hydroxyl groups is 1. The molecule has 1 unspecified atom stereocenters. The summed E-state index contributed by atoms with van der Waals surface area (Å²) in [6.45, 7) is 4.44. The van der Waals surface area contributed by atoms with E-state index in [4.69, 9.17) is 0 Å². The zero-order valence-electron chi connectivity index (χ0n) is 11.3. The lowest BCUT2D eigenvalue weighted by molar-refractivity contribution is 0.0785. The average molecular weight is 264 g/mol. The van der Waals surface area contributed by atoms with Crippen molar-refractivity contribution in [1.29, 1.82) is 0 Å². The van der Waals surface area contributed by atoms with Crippen LogP contribution in [0.5, 0.6) is 0 Å². The molecule has 2 nitrogen and oxygen atoms in total. The predicted molar refractivity (Wildman–Crippen MR) is 76.8 cm³/mol. The van der Waals surface area contributed by atoms with Crippen molar-refractivity contribution >= 4 is 12.4 Å². The zero-order valence-corrected chi connectivity index (χ0v) is 12.1. The molecule has 1 rings (SSSR count). The maximum absolute atomic E-state index is 10.0. The van der Waals surface area contributed by atoms with Gasteiger partial charge in [-0.25, -0.2) is 0 Å². The number of unbranched alkanes of at least 4 members (excludes halogenated alkanes) is 5. The number of halogens is 1. The topological polar surface area (TPSA) is 32.3 Å². The van der Waals surface area contributed by atoms with Crippen LogP contribution < -0.4 is 5.32 Å². The molecular weight excluding hydrogens is 234 g/mol. The van der Waals surface area contributed by atoms with Gasteiger partial charge in [0.1, 0.15) is 0 Å². The van der Waals surface area contributed by atoms with E-state index in [0.717, 1.165) is 32.4 Å². The summed E-state index contributed by atoms with van der Waals surface area (Å²) in [5.41, 5.74) is 0. The number of piperidine rings is 1. The Balaban J connectivity index is 0.00000256. The second-order valence-electron chi connectivity index (χ2n) is 5.21. The van der Waals surface area contributed by atoms with Crippen LogP contribution in [0.25, 0.3) is 0 Å². The third-order valence-electron chi connectivity index (χ3n) is 3.78. The SMILES string of the molecule is CCCCCCCCC(O)C1CCNCC1.Cl. The fraction of sp³-hybridized carbons (Fsp3) is 1.00. The zero-order chi connectivity index (χ0) is 11.6. The minimum atomic E-state index is -0.0340. The molecule has 3 heteroatoms.